The summed E-state index contributed by atoms with van der Waals surface area (Å²) in [5, 5.41) is 0.148. The Kier molecular flexibility index (Phi) is 6.05. The van der Waals surface area contributed by atoms with Gasteiger partial charge in [0.15, 0.2) is 17.2 Å². The van der Waals surface area contributed by atoms with Crippen LogP contribution in [0, 0.1) is 6.92 Å². The lowest BCUT2D eigenvalue weighted by atomic mass is 10.1. The fourth-order valence-corrected chi connectivity index (χ4v) is 3.40. The van der Waals surface area contributed by atoms with Crippen molar-refractivity contribution in [2.45, 2.75) is 6.92 Å². The molecule has 4 rings (SSSR count). The SMILES string of the molecule is COc1cc(/C=C2\N=C(c3ccccc3C)OC2=O)cc(Cl)c1OC(=O)c1ccccc1. The molecule has 0 atom stereocenters. The van der Waals surface area contributed by atoms with E-state index in [-0.39, 0.29) is 28.1 Å². The number of ether oxygens (including phenoxy) is 3. The van der Waals surface area contributed by atoms with Crippen molar-refractivity contribution in [3.63, 3.8) is 0 Å². The highest BCUT2D eigenvalue weighted by Crippen LogP contribution is 2.38. The highest BCUT2D eigenvalue weighted by Gasteiger charge is 2.25. The van der Waals surface area contributed by atoms with E-state index in [1.807, 2.05) is 31.2 Å². The minimum atomic E-state index is -0.571. The van der Waals surface area contributed by atoms with Crippen molar-refractivity contribution in [2.24, 2.45) is 4.99 Å². The van der Waals surface area contributed by atoms with Crippen LogP contribution in [0.15, 0.2) is 77.4 Å². The molecule has 0 saturated heterocycles. The molecule has 0 aliphatic carbocycles. The average Bonchev–Trinajstić information content (AvgIpc) is 3.15. The van der Waals surface area contributed by atoms with E-state index < -0.39 is 11.9 Å². The number of rotatable bonds is 5. The maximum atomic E-state index is 12.4. The fraction of sp³-hybridized carbons (Fsp3) is 0.0800. The number of hydrogen-bond donors (Lipinski definition) is 0. The van der Waals surface area contributed by atoms with Gasteiger partial charge in [0.1, 0.15) is 0 Å². The molecule has 0 bridgehead atoms. The summed E-state index contributed by atoms with van der Waals surface area (Å²) in [6.07, 6.45) is 1.53. The van der Waals surface area contributed by atoms with Crippen LogP contribution in [-0.2, 0) is 9.53 Å². The van der Waals surface area contributed by atoms with Gasteiger partial charge in [0, 0.05) is 5.56 Å². The first-order valence-electron chi connectivity index (χ1n) is 9.69. The van der Waals surface area contributed by atoms with Crippen LogP contribution in [0.25, 0.3) is 6.08 Å². The Hall–Kier alpha value is -3.90. The van der Waals surface area contributed by atoms with Crippen LogP contribution in [0.3, 0.4) is 0 Å². The molecule has 0 unspecified atom stereocenters. The lowest BCUT2D eigenvalue weighted by Crippen LogP contribution is -2.09. The molecular formula is C25H18ClNO5. The van der Waals surface area contributed by atoms with E-state index in [4.69, 9.17) is 25.8 Å². The molecule has 160 valence electrons. The molecule has 0 amide bonds. The first-order chi connectivity index (χ1) is 15.5. The molecule has 1 aliphatic rings. The molecule has 6 nitrogen and oxygen atoms in total. The summed E-state index contributed by atoms with van der Waals surface area (Å²) in [4.78, 5) is 29.1. The third-order valence-electron chi connectivity index (χ3n) is 4.76. The largest absolute Gasteiger partial charge is 0.493 e. The Morgan fingerprint density at radius 1 is 1.06 bits per heavy atom. The Morgan fingerprint density at radius 2 is 1.78 bits per heavy atom. The summed E-state index contributed by atoms with van der Waals surface area (Å²) in [6, 6.07) is 19.2. The van der Waals surface area contributed by atoms with Crippen molar-refractivity contribution < 1.29 is 23.8 Å². The van der Waals surface area contributed by atoms with Gasteiger partial charge in [-0.25, -0.2) is 14.6 Å². The minimum Gasteiger partial charge on any atom is -0.493 e. The van der Waals surface area contributed by atoms with Gasteiger partial charge in [0.05, 0.1) is 17.7 Å². The molecule has 0 fully saturated rings. The quantitative estimate of drug-likeness (QED) is 0.304. The Balaban J connectivity index is 1.64. The highest BCUT2D eigenvalue weighted by molar-refractivity contribution is 6.32. The summed E-state index contributed by atoms with van der Waals surface area (Å²) in [5.41, 5.74) is 2.71. The van der Waals surface area contributed by atoms with E-state index in [9.17, 15) is 9.59 Å². The zero-order chi connectivity index (χ0) is 22.7. The van der Waals surface area contributed by atoms with E-state index in [1.165, 1.54) is 13.2 Å². The van der Waals surface area contributed by atoms with Crippen LogP contribution in [0.1, 0.15) is 27.0 Å². The summed E-state index contributed by atoms with van der Waals surface area (Å²) in [6.45, 7) is 1.91. The molecule has 7 heteroatoms. The van der Waals surface area contributed by atoms with Crippen LogP contribution in [0.4, 0.5) is 0 Å². The number of cyclic esters (lactones) is 1. The van der Waals surface area contributed by atoms with Crippen molar-refractivity contribution in [1.29, 1.82) is 0 Å². The normalized spacial score (nSPS) is 14.2. The lowest BCUT2D eigenvalue weighted by molar-refractivity contribution is -0.129. The van der Waals surface area contributed by atoms with Crippen LogP contribution >= 0.6 is 11.6 Å². The predicted molar refractivity (Wildman–Crippen MR) is 121 cm³/mol. The lowest BCUT2D eigenvalue weighted by Gasteiger charge is -2.12. The van der Waals surface area contributed by atoms with Gasteiger partial charge >= 0.3 is 11.9 Å². The second-order valence-corrected chi connectivity index (χ2v) is 7.35. The molecule has 0 N–H and O–H groups in total. The molecule has 1 aliphatic heterocycles. The first-order valence-corrected chi connectivity index (χ1v) is 10.1. The van der Waals surface area contributed by atoms with Gasteiger partial charge in [-0.05, 0) is 54.5 Å². The van der Waals surface area contributed by atoms with Crippen LogP contribution < -0.4 is 9.47 Å². The van der Waals surface area contributed by atoms with Crippen molar-refractivity contribution in [2.75, 3.05) is 7.11 Å². The summed E-state index contributed by atoms with van der Waals surface area (Å²) in [5.74, 6) is -0.570. The maximum Gasteiger partial charge on any atom is 0.363 e. The molecule has 3 aromatic rings. The van der Waals surface area contributed by atoms with Crippen molar-refractivity contribution in [1.82, 2.24) is 0 Å². The molecule has 0 radical (unpaired) electrons. The van der Waals surface area contributed by atoms with E-state index in [1.54, 1.807) is 42.5 Å². The van der Waals surface area contributed by atoms with E-state index in [2.05, 4.69) is 4.99 Å². The Morgan fingerprint density at radius 3 is 2.50 bits per heavy atom. The predicted octanol–water partition coefficient (Wildman–Crippen LogP) is 5.22. The van der Waals surface area contributed by atoms with E-state index >= 15 is 0 Å². The summed E-state index contributed by atoms with van der Waals surface area (Å²) >= 11 is 6.37. The topological polar surface area (TPSA) is 74.2 Å². The number of benzene rings is 3. The van der Waals surface area contributed by atoms with Crippen molar-refractivity contribution in [3.8, 4) is 11.5 Å². The zero-order valence-corrected chi connectivity index (χ0v) is 18.1. The Bertz CT molecular complexity index is 1260. The standard InChI is InChI=1S/C25H18ClNO5/c1-15-8-6-7-11-18(15)23-27-20(25(29)32-23)13-16-12-19(26)22(21(14-16)30-2)31-24(28)17-9-4-3-5-10-17/h3-14H,1-2H3/b20-13-. The fourth-order valence-electron chi connectivity index (χ4n) is 3.14. The number of nitrogens with zero attached hydrogens (tertiary/aromatic N) is 1. The second-order valence-electron chi connectivity index (χ2n) is 6.94. The highest BCUT2D eigenvalue weighted by atomic mass is 35.5. The van der Waals surface area contributed by atoms with Crippen LogP contribution in [0.5, 0.6) is 11.5 Å². The van der Waals surface area contributed by atoms with Gasteiger partial charge in [0.25, 0.3) is 0 Å². The zero-order valence-electron chi connectivity index (χ0n) is 17.3. The number of aliphatic imine (C=N–C) groups is 1. The third-order valence-corrected chi connectivity index (χ3v) is 5.04. The van der Waals surface area contributed by atoms with E-state index in [0.717, 1.165) is 11.1 Å². The van der Waals surface area contributed by atoms with Crippen molar-refractivity contribution >= 4 is 35.5 Å². The molecule has 32 heavy (non-hydrogen) atoms. The summed E-state index contributed by atoms with van der Waals surface area (Å²) in [7, 11) is 1.43. The van der Waals surface area contributed by atoms with Crippen LogP contribution in [-0.4, -0.2) is 24.9 Å². The number of carbonyl (C=O) groups excluding carboxylic acids is 2. The number of hydrogen-bond acceptors (Lipinski definition) is 6. The van der Waals surface area contributed by atoms with Crippen molar-refractivity contribution in [3.05, 3.63) is 99.7 Å². The molecule has 3 aromatic carbocycles. The third kappa shape index (κ3) is 4.40. The molecular weight excluding hydrogens is 430 g/mol. The maximum absolute atomic E-state index is 12.4. The summed E-state index contributed by atoms with van der Waals surface area (Å²) < 4.78 is 16.1. The molecule has 1 heterocycles. The number of halogens is 1. The monoisotopic (exact) mass is 447 g/mol. The second kappa shape index (κ2) is 9.08. The first kappa shape index (κ1) is 21.3. The van der Waals surface area contributed by atoms with E-state index in [0.29, 0.717) is 11.1 Å². The molecule has 0 saturated carbocycles. The number of esters is 2. The van der Waals surface area contributed by atoms with Gasteiger partial charge in [0.2, 0.25) is 5.90 Å². The van der Waals surface area contributed by atoms with Gasteiger partial charge in [-0.3, -0.25) is 0 Å². The number of aryl methyl sites for hydroxylation is 1. The van der Waals surface area contributed by atoms with Crippen LogP contribution in [0.2, 0.25) is 5.02 Å². The van der Waals surface area contributed by atoms with Gasteiger partial charge in [-0.2, -0.15) is 0 Å². The van der Waals surface area contributed by atoms with Gasteiger partial charge in [-0.1, -0.05) is 48.0 Å². The number of carbonyl (C=O) groups is 2. The minimum absolute atomic E-state index is 0.0864. The molecule has 0 aromatic heterocycles. The molecule has 0 spiro atoms. The van der Waals surface area contributed by atoms with Gasteiger partial charge < -0.3 is 14.2 Å². The smallest absolute Gasteiger partial charge is 0.363 e. The number of methoxy groups -OCH3 is 1. The average molecular weight is 448 g/mol. The Labute approximate surface area is 189 Å². The van der Waals surface area contributed by atoms with Gasteiger partial charge in [-0.15, -0.1) is 0 Å².